The van der Waals surface area contributed by atoms with Crippen molar-refractivity contribution in [3.8, 4) is 16.9 Å². The fraction of sp³-hybridized carbons (Fsp3) is 0.0500. The zero-order chi connectivity index (χ0) is 18.8. The molecule has 4 aromatic rings. The molecule has 1 aromatic carbocycles. The van der Waals surface area contributed by atoms with Crippen LogP contribution in [0.15, 0.2) is 73.3 Å². The SMILES string of the molecule is Nc1ccc(-c2cnn(C(c3cccnc3)c3ccccc3O)c2)c(N)n1. The minimum atomic E-state index is -0.336. The number of nitrogens with zero attached hydrogens (tertiary/aromatic N) is 4. The molecule has 27 heavy (non-hydrogen) atoms. The van der Waals surface area contributed by atoms with Crippen LogP contribution in [0.3, 0.4) is 0 Å². The van der Waals surface area contributed by atoms with Crippen LogP contribution in [0.4, 0.5) is 11.6 Å². The van der Waals surface area contributed by atoms with Crippen molar-refractivity contribution < 1.29 is 5.11 Å². The van der Waals surface area contributed by atoms with Gasteiger partial charge in [0.25, 0.3) is 0 Å². The number of rotatable bonds is 4. The highest BCUT2D eigenvalue weighted by atomic mass is 16.3. The van der Waals surface area contributed by atoms with Gasteiger partial charge in [-0.25, -0.2) is 4.98 Å². The second-order valence-corrected chi connectivity index (χ2v) is 6.13. The fourth-order valence-corrected chi connectivity index (χ4v) is 3.08. The van der Waals surface area contributed by atoms with Crippen molar-refractivity contribution in [3.05, 3.63) is 84.4 Å². The Kier molecular flexibility index (Phi) is 4.18. The number of benzene rings is 1. The second kappa shape index (κ2) is 6.80. The highest BCUT2D eigenvalue weighted by Gasteiger charge is 2.21. The van der Waals surface area contributed by atoms with Crippen molar-refractivity contribution in [1.82, 2.24) is 19.7 Å². The Morgan fingerprint density at radius 2 is 1.81 bits per heavy atom. The summed E-state index contributed by atoms with van der Waals surface area (Å²) < 4.78 is 1.77. The van der Waals surface area contributed by atoms with E-state index in [1.165, 1.54) is 0 Å². The number of aromatic nitrogens is 4. The molecule has 0 fully saturated rings. The fourth-order valence-electron chi connectivity index (χ4n) is 3.08. The van der Waals surface area contributed by atoms with Gasteiger partial charge in [0.1, 0.15) is 23.4 Å². The summed E-state index contributed by atoms with van der Waals surface area (Å²) in [4.78, 5) is 8.31. The van der Waals surface area contributed by atoms with Gasteiger partial charge in [-0.15, -0.1) is 0 Å². The zero-order valence-electron chi connectivity index (χ0n) is 14.4. The van der Waals surface area contributed by atoms with Crippen LogP contribution in [-0.2, 0) is 0 Å². The van der Waals surface area contributed by atoms with Crippen LogP contribution in [0.1, 0.15) is 17.2 Å². The molecule has 0 spiro atoms. The number of pyridine rings is 2. The summed E-state index contributed by atoms with van der Waals surface area (Å²) in [7, 11) is 0. The number of hydrogen-bond donors (Lipinski definition) is 3. The second-order valence-electron chi connectivity index (χ2n) is 6.13. The van der Waals surface area contributed by atoms with Crippen LogP contribution in [0, 0.1) is 0 Å². The molecule has 3 aromatic heterocycles. The van der Waals surface area contributed by atoms with E-state index < -0.39 is 0 Å². The van der Waals surface area contributed by atoms with E-state index in [0.717, 1.165) is 22.3 Å². The Morgan fingerprint density at radius 3 is 2.56 bits per heavy atom. The van der Waals surface area contributed by atoms with Crippen LogP contribution >= 0.6 is 0 Å². The minimum Gasteiger partial charge on any atom is -0.508 e. The van der Waals surface area contributed by atoms with E-state index in [2.05, 4.69) is 15.1 Å². The molecule has 0 aliphatic heterocycles. The largest absolute Gasteiger partial charge is 0.508 e. The summed E-state index contributed by atoms with van der Waals surface area (Å²) in [5.74, 6) is 0.901. The monoisotopic (exact) mass is 358 g/mol. The van der Waals surface area contributed by atoms with E-state index in [1.54, 1.807) is 41.5 Å². The smallest absolute Gasteiger partial charge is 0.133 e. The molecular weight excluding hydrogens is 340 g/mol. The molecule has 0 bridgehead atoms. The quantitative estimate of drug-likeness (QED) is 0.516. The topological polar surface area (TPSA) is 116 Å². The maximum Gasteiger partial charge on any atom is 0.133 e. The number of nitrogen functional groups attached to an aromatic ring is 2. The van der Waals surface area contributed by atoms with Gasteiger partial charge in [0, 0.05) is 35.3 Å². The highest BCUT2D eigenvalue weighted by molar-refractivity contribution is 5.74. The zero-order valence-corrected chi connectivity index (χ0v) is 14.4. The number of nitrogens with two attached hydrogens (primary N) is 2. The van der Waals surface area contributed by atoms with Gasteiger partial charge in [-0.3, -0.25) is 9.67 Å². The van der Waals surface area contributed by atoms with Crippen LogP contribution < -0.4 is 11.5 Å². The molecule has 1 unspecified atom stereocenters. The normalized spacial score (nSPS) is 12.0. The average molecular weight is 358 g/mol. The Hall–Kier alpha value is -3.87. The summed E-state index contributed by atoms with van der Waals surface area (Å²) >= 11 is 0. The number of phenolic OH excluding ortho intramolecular Hbond substituents is 1. The van der Waals surface area contributed by atoms with Gasteiger partial charge in [-0.1, -0.05) is 24.3 Å². The molecule has 134 valence electrons. The highest BCUT2D eigenvalue weighted by Crippen LogP contribution is 2.33. The molecule has 0 aliphatic rings. The Labute approximate surface area is 155 Å². The first-order valence-electron chi connectivity index (χ1n) is 8.38. The first-order valence-corrected chi connectivity index (χ1v) is 8.38. The maximum atomic E-state index is 10.4. The van der Waals surface area contributed by atoms with Crippen LogP contribution in [0.5, 0.6) is 5.75 Å². The van der Waals surface area contributed by atoms with Crippen molar-refractivity contribution >= 4 is 11.6 Å². The van der Waals surface area contributed by atoms with Gasteiger partial charge in [0.05, 0.1) is 6.20 Å². The molecule has 0 saturated heterocycles. The third-order valence-electron chi connectivity index (χ3n) is 4.35. The van der Waals surface area contributed by atoms with Crippen molar-refractivity contribution in [2.24, 2.45) is 0 Å². The molecule has 0 saturated carbocycles. The molecule has 4 rings (SSSR count). The number of para-hydroxylation sites is 1. The predicted molar refractivity (Wildman–Crippen MR) is 104 cm³/mol. The van der Waals surface area contributed by atoms with E-state index in [9.17, 15) is 5.11 Å². The molecule has 7 nitrogen and oxygen atoms in total. The number of aromatic hydroxyl groups is 1. The summed E-state index contributed by atoms with van der Waals surface area (Å²) in [5.41, 5.74) is 14.9. The lowest BCUT2D eigenvalue weighted by molar-refractivity contribution is 0.455. The third kappa shape index (κ3) is 3.18. The van der Waals surface area contributed by atoms with Gasteiger partial charge in [-0.2, -0.15) is 5.10 Å². The van der Waals surface area contributed by atoms with E-state index in [4.69, 9.17) is 11.5 Å². The van der Waals surface area contributed by atoms with E-state index in [-0.39, 0.29) is 11.8 Å². The molecular formula is C20H18N6O. The molecule has 0 aliphatic carbocycles. The molecule has 1 atom stereocenters. The van der Waals surface area contributed by atoms with Crippen molar-refractivity contribution in [1.29, 1.82) is 0 Å². The predicted octanol–water partition coefficient (Wildman–Crippen LogP) is 2.85. The van der Waals surface area contributed by atoms with Gasteiger partial charge in [0.15, 0.2) is 0 Å². The summed E-state index contributed by atoms with van der Waals surface area (Å²) in [6, 6.07) is 14.2. The lowest BCUT2D eigenvalue weighted by Gasteiger charge is -2.19. The van der Waals surface area contributed by atoms with Crippen molar-refractivity contribution in [2.75, 3.05) is 11.5 Å². The molecule has 7 heteroatoms. The molecule has 5 N–H and O–H groups in total. The van der Waals surface area contributed by atoms with E-state index >= 15 is 0 Å². The summed E-state index contributed by atoms with van der Waals surface area (Å²) in [6.07, 6.45) is 7.05. The Balaban J connectivity index is 1.83. The van der Waals surface area contributed by atoms with Gasteiger partial charge < -0.3 is 16.6 Å². The minimum absolute atomic E-state index is 0.192. The van der Waals surface area contributed by atoms with Crippen molar-refractivity contribution in [3.63, 3.8) is 0 Å². The Bertz CT molecular complexity index is 1080. The Morgan fingerprint density at radius 1 is 0.963 bits per heavy atom. The van der Waals surface area contributed by atoms with Gasteiger partial charge >= 0.3 is 0 Å². The third-order valence-corrected chi connectivity index (χ3v) is 4.35. The maximum absolute atomic E-state index is 10.4. The lowest BCUT2D eigenvalue weighted by atomic mass is 9.99. The summed E-state index contributed by atoms with van der Waals surface area (Å²) in [5, 5.41) is 14.9. The van der Waals surface area contributed by atoms with Crippen LogP contribution in [-0.4, -0.2) is 24.9 Å². The van der Waals surface area contributed by atoms with E-state index in [1.807, 2.05) is 36.5 Å². The first kappa shape index (κ1) is 16.6. The molecule has 0 radical (unpaired) electrons. The summed E-state index contributed by atoms with van der Waals surface area (Å²) in [6.45, 7) is 0. The van der Waals surface area contributed by atoms with Crippen LogP contribution in [0.25, 0.3) is 11.1 Å². The van der Waals surface area contributed by atoms with Gasteiger partial charge in [-0.05, 0) is 29.8 Å². The number of phenols is 1. The molecule has 0 amide bonds. The van der Waals surface area contributed by atoms with Crippen molar-refractivity contribution in [2.45, 2.75) is 6.04 Å². The van der Waals surface area contributed by atoms with E-state index in [0.29, 0.717) is 11.6 Å². The average Bonchev–Trinajstić information content (AvgIpc) is 3.14. The first-order chi connectivity index (χ1) is 13.1. The lowest BCUT2D eigenvalue weighted by Crippen LogP contribution is -2.13. The molecule has 3 heterocycles. The number of anilines is 2. The van der Waals surface area contributed by atoms with Gasteiger partial charge in [0.2, 0.25) is 0 Å². The van der Waals surface area contributed by atoms with Crippen LogP contribution in [0.2, 0.25) is 0 Å². The number of hydrogen-bond acceptors (Lipinski definition) is 6. The standard InChI is InChI=1S/C20H18N6O/c21-18-8-7-15(20(22)25-18)14-11-24-26(12-14)19(13-4-3-9-23-10-13)16-5-1-2-6-17(16)27/h1-12,19,27H,(H4,21,22,25).